The molecule has 1 aliphatic heterocycles. The summed E-state index contributed by atoms with van der Waals surface area (Å²) in [6.45, 7) is 3.66. The van der Waals surface area contributed by atoms with Crippen LogP contribution in [-0.4, -0.2) is 40.0 Å². The van der Waals surface area contributed by atoms with E-state index in [-0.39, 0.29) is 12.6 Å². The SMILES string of the molecule is CCC(=C(c1ccc(OCCCCC(OC)OC)cc1)c1ccc(OC2CCCCO2)cc1)c1ccccc1. The van der Waals surface area contributed by atoms with Crippen LogP contribution in [-0.2, 0) is 14.2 Å². The highest BCUT2D eigenvalue weighted by molar-refractivity contribution is 5.98. The molecule has 3 aromatic rings. The van der Waals surface area contributed by atoms with Crippen LogP contribution < -0.4 is 9.47 Å². The molecular formula is C34H42O5. The van der Waals surface area contributed by atoms with Crippen molar-refractivity contribution in [3.8, 4) is 11.5 Å². The van der Waals surface area contributed by atoms with Crippen LogP contribution in [0.4, 0.5) is 0 Å². The van der Waals surface area contributed by atoms with Crippen LogP contribution in [0.2, 0.25) is 0 Å². The topological polar surface area (TPSA) is 46.2 Å². The van der Waals surface area contributed by atoms with Gasteiger partial charge in [-0.15, -0.1) is 0 Å². The molecule has 0 aliphatic carbocycles. The average molecular weight is 531 g/mol. The van der Waals surface area contributed by atoms with Crippen LogP contribution in [0, 0.1) is 0 Å². The summed E-state index contributed by atoms with van der Waals surface area (Å²) in [7, 11) is 3.34. The smallest absolute Gasteiger partial charge is 0.199 e. The monoisotopic (exact) mass is 530 g/mol. The molecule has 0 spiro atoms. The van der Waals surface area contributed by atoms with Gasteiger partial charge in [-0.1, -0.05) is 61.5 Å². The third-order valence-electron chi connectivity index (χ3n) is 7.10. The molecule has 3 aromatic carbocycles. The lowest BCUT2D eigenvalue weighted by molar-refractivity contribution is -0.107. The molecule has 1 atom stereocenters. The van der Waals surface area contributed by atoms with Crippen LogP contribution in [0.15, 0.2) is 78.9 Å². The van der Waals surface area contributed by atoms with Crippen molar-refractivity contribution in [2.24, 2.45) is 0 Å². The average Bonchev–Trinajstić information content (AvgIpc) is 3.00. The molecule has 0 radical (unpaired) electrons. The van der Waals surface area contributed by atoms with Gasteiger partial charge >= 0.3 is 0 Å². The second kappa shape index (κ2) is 15.5. The standard InChI is InChI=1S/C34H42O5/c1-4-31(26-12-6-5-7-13-26)34(28-18-22-30(23-19-28)39-33-15-9-11-25-38-33)27-16-20-29(21-17-27)37-24-10-8-14-32(35-2)36-3/h5-7,12-13,16-23,32-33H,4,8-11,14-15,24-25H2,1-3H3. The van der Waals surface area contributed by atoms with Gasteiger partial charge in [0, 0.05) is 20.6 Å². The second-order valence-electron chi connectivity index (χ2n) is 9.78. The fraction of sp³-hybridized carbons (Fsp3) is 0.412. The highest BCUT2D eigenvalue weighted by Gasteiger charge is 2.17. The molecule has 0 aromatic heterocycles. The third kappa shape index (κ3) is 8.43. The van der Waals surface area contributed by atoms with E-state index in [1.165, 1.54) is 16.7 Å². The zero-order valence-corrected chi connectivity index (χ0v) is 23.6. The molecule has 1 unspecified atom stereocenters. The molecule has 1 fully saturated rings. The maximum absolute atomic E-state index is 6.09. The van der Waals surface area contributed by atoms with Crippen molar-refractivity contribution in [2.75, 3.05) is 27.4 Å². The maximum atomic E-state index is 6.09. The Morgan fingerprint density at radius 3 is 2.05 bits per heavy atom. The molecule has 0 amide bonds. The molecule has 1 aliphatic rings. The zero-order valence-electron chi connectivity index (χ0n) is 23.6. The van der Waals surface area contributed by atoms with Gasteiger partial charge in [-0.05, 0) is 90.6 Å². The van der Waals surface area contributed by atoms with E-state index in [2.05, 4.69) is 85.8 Å². The molecule has 1 saturated heterocycles. The van der Waals surface area contributed by atoms with Crippen molar-refractivity contribution >= 4 is 11.1 Å². The maximum Gasteiger partial charge on any atom is 0.199 e. The normalized spacial score (nSPS) is 16.2. The summed E-state index contributed by atoms with van der Waals surface area (Å²) < 4.78 is 28.4. The number of unbranched alkanes of at least 4 members (excludes halogenated alkanes) is 1. The Morgan fingerprint density at radius 2 is 1.46 bits per heavy atom. The van der Waals surface area contributed by atoms with Gasteiger partial charge in [0.2, 0.25) is 0 Å². The lowest BCUT2D eigenvalue weighted by Crippen LogP contribution is -2.24. The van der Waals surface area contributed by atoms with Crippen LogP contribution >= 0.6 is 0 Å². The molecule has 0 saturated carbocycles. The number of hydrogen-bond donors (Lipinski definition) is 0. The molecular weight excluding hydrogens is 488 g/mol. The number of hydrogen-bond acceptors (Lipinski definition) is 5. The molecule has 4 rings (SSSR count). The van der Waals surface area contributed by atoms with Crippen LogP contribution in [0.3, 0.4) is 0 Å². The molecule has 5 nitrogen and oxygen atoms in total. The van der Waals surface area contributed by atoms with Gasteiger partial charge in [-0.3, -0.25) is 0 Å². The lowest BCUT2D eigenvalue weighted by atomic mass is 9.88. The lowest BCUT2D eigenvalue weighted by Gasteiger charge is -2.23. The van der Waals surface area contributed by atoms with Gasteiger partial charge in [-0.2, -0.15) is 0 Å². The summed E-state index contributed by atoms with van der Waals surface area (Å²) in [5.74, 6) is 1.72. The Hall–Kier alpha value is -3.12. The van der Waals surface area contributed by atoms with Gasteiger partial charge in [0.05, 0.1) is 13.2 Å². The number of rotatable bonds is 14. The molecule has 1 heterocycles. The predicted octanol–water partition coefficient (Wildman–Crippen LogP) is 8.13. The van der Waals surface area contributed by atoms with Crippen LogP contribution in [0.1, 0.15) is 68.6 Å². The largest absolute Gasteiger partial charge is 0.494 e. The molecule has 208 valence electrons. The Labute approximate surface area is 233 Å². The van der Waals surface area contributed by atoms with Gasteiger partial charge in [0.15, 0.2) is 12.6 Å². The van der Waals surface area contributed by atoms with E-state index in [0.29, 0.717) is 6.61 Å². The van der Waals surface area contributed by atoms with E-state index in [4.69, 9.17) is 23.7 Å². The highest BCUT2D eigenvalue weighted by Crippen LogP contribution is 2.36. The highest BCUT2D eigenvalue weighted by atomic mass is 16.7. The third-order valence-corrected chi connectivity index (χ3v) is 7.10. The summed E-state index contributed by atoms with van der Waals surface area (Å²) in [5, 5.41) is 0. The van der Waals surface area contributed by atoms with Crippen LogP contribution in [0.5, 0.6) is 11.5 Å². The van der Waals surface area contributed by atoms with Crippen molar-refractivity contribution in [3.63, 3.8) is 0 Å². The zero-order chi connectivity index (χ0) is 27.3. The van der Waals surface area contributed by atoms with Crippen molar-refractivity contribution < 1.29 is 23.7 Å². The van der Waals surface area contributed by atoms with Gasteiger partial charge in [0.25, 0.3) is 0 Å². The number of allylic oxidation sites excluding steroid dienone is 1. The van der Waals surface area contributed by atoms with Crippen molar-refractivity contribution in [3.05, 3.63) is 95.6 Å². The Kier molecular flexibility index (Phi) is 11.5. The van der Waals surface area contributed by atoms with Gasteiger partial charge < -0.3 is 23.7 Å². The number of methoxy groups -OCH3 is 2. The fourth-order valence-corrected chi connectivity index (χ4v) is 4.99. The van der Waals surface area contributed by atoms with Gasteiger partial charge in [0.1, 0.15) is 11.5 Å². The van der Waals surface area contributed by atoms with E-state index < -0.39 is 0 Å². The minimum Gasteiger partial charge on any atom is -0.494 e. The second-order valence-corrected chi connectivity index (χ2v) is 9.78. The number of ether oxygens (including phenoxy) is 5. The fourth-order valence-electron chi connectivity index (χ4n) is 4.99. The summed E-state index contributed by atoms with van der Waals surface area (Å²) in [6.07, 6.45) is 6.61. The predicted molar refractivity (Wildman–Crippen MR) is 157 cm³/mol. The van der Waals surface area contributed by atoms with Gasteiger partial charge in [-0.25, -0.2) is 0 Å². The quantitative estimate of drug-likeness (QED) is 0.120. The minimum atomic E-state index is -0.149. The first-order valence-corrected chi connectivity index (χ1v) is 14.2. The summed E-state index contributed by atoms with van der Waals surface area (Å²) >= 11 is 0. The first-order valence-electron chi connectivity index (χ1n) is 14.2. The summed E-state index contributed by atoms with van der Waals surface area (Å²) in [5.41, 5.74) is 6.08. The molecule has 0 N–H and O–H groups in total. The summed E-state index contributed by atoms with van der Waals surface area (Å²) in [4.78, 5) is 0. The van der Waals surface area contributed by atoms with E-state index in [1.54, 1.807) is 14.2 Å². The van der Waals surface area contributed by atoms with Crippen molar-refractivity contribution in [2.45, 2.75) is 64.4 Å². The van der Waals surface area contributed by atoms with Crippen molar-refractivity contribution in [1.82, 2.24) is 0 Å². The Morgan fingerprint density at radius 1 is 0.795 bits per heavy atom. The minimum absolute atomic E-state index is 0.145. The molecule has 5 heteroatoms. The Balaban J connectivity index is 1.52. The van der Waals surface area contributed by atoms with E-state index in [0.717, 1.165) is 74.2 Å². The van der Waals surface area contributed by atoms with E-state index in [9.17, 15) is 0 Å². The molecule has 0 bridgehead atoms. The number of benzene rings is 3. The first-order chi connectivity index (χ1) is 19.2. The Bertz CT molecular complexity index is 1130. The van der Waals surface area contributed by atoms with E-state index in [1.807, 2.05) is 0 Å². The summed E-state index contributed by atoms with van der Waals surface area (Å²) in [6, 6.07) is 27.5. The van der Waals surface area contributed by atoms with E-state index >= 15 is 0 Å². The first kappa shape index (κ1) is 28.9. The van der Waals surface area contributed by atoms with Crippen LogP contribution in [0.25, 0.3) is 11.1 Å². The van der Waals surface area contributed by atoms with Crippen molar-refractivity contribution in [1.29, 1.82) is 0 Å². The molecule has 39 heavy (non-hydrogen) atoms.